The molecule has 33 valence electrons. The van der Waals surface area contributed by atoms with Gasteiger partial charge < -0.3 is 0 Å². The van der Waals surface area contributed by atoms with Crippen molar-refractivity contribution in [1.29, 1.82) is 0 Å². The Morgan fingerprint density at radius 3 is 1.00 bits per heavy atom. The fraction of sp³-hybridized carbons (Fsp3) is 0. The summed E-state index contributed by atoms with van der Waals surface area (Å²) in [5.41, 5.74) is 0. The second kappa shape index (κ2) is 4.79. The van der Waals surface area contributed by atoms with Crippen LogP contribution in [0.25, 0.3) is 0 Å². The Bertz CT molecular complexity index is 76.3. The molecule has 0 unspecified atom stereocenters. The monoisotopic (exact) mass is 363 g/mol. The topological polar surface area (TPSA) is 51.2 Å². The molecule has 0 bridgehead atoms. The zero-order valence-electron chi connectivity index (χ0n) is 2.01. The summed E-state index contributed by atoms with van der Waals surface area (Å²) in [5.74, 6) is 0. The number of rotatable bonds is 0. The van der Waals surface area contributed by atoms with E-state index in [9.17, 15) is 0 Å². The van der Waals surface area contributed by atoms with Crippen LogP contribution in [0.4, 0.5) is 0 Å². The van der Waals surface area contributed by atoms with Crippen LogP contribution >= 0.6 is 24.0 Å². The van der Waals surface area contributed by atoms with Gasteiger partial charge in [0.2, 0.25) is 0 Å². The Hall–Kier alpha value is 0.792. The summed E-state index contributed by atoms with van der Waals surface area (Å²) in [5, 5.41) is 0. The number of hydrogen-bond acceptors (Lipinski definition) is 3. The van der Waals surface area contributed by atoms with Gasteiger partial charge in [-0.2, -0.15) is 0 Å². The van der Waals surface area contributed by atoms with E-state index < -0.39 is 16.6 Å². The van der Waals surface area contributed by atoms with Crippen molar-refractivity contribution < 1.29 is 27.0 Å². The molecule has 0 aliphatic heterocycles. The maximum atomic E-state index is 8.60. The first-order valence-corrected chi connectivity index (χ1v) is 3.79. The quantitative estimate of drug-likeness (QED) is 0.581. The minimum atomic E-state index is -4.21. The molecule has 0 spiro atoms. The van der Waals surface area contributed by atoms with Gasteiger partial charge in [0.25, 0.3) is 0 Å². The third kappa shape index (κ3) is 59.5. The fourth-order valence-electron chi connectivity index (χ4n) is 0. The molecule has 5 heteroatoms. The first kappa shape index (κ1) is 9.25. The zero-order chi connectivity index (χ0) is 3.58. The normalized spacial score (nSPS) is 4.80. The van der Waals surface area contributed by atoms with Gasteiger partial charge in [-0.05, 0) is 0 Å². The first-order chi connectivity index (χ1) is 1.73. The number of halogens is 1. The van der Waals surface area contributed by atoms with Crippen LogP contribution in [0.15, 0.2) is 0 Å². The van der Waals surface area contributed by atoms with Crippen LogP contribution in [-0.2, 0) is 27.0 Å². The SMILES string of the molecule is I.[O]=[Re](=[O])=[O]. The van der Waals surface area contributed by atoms with Crippen LogP contribution in [0.2, 0.25) is 0 Å². The van der Waals surface area contributed by atoms with E-state index in [1.807, 2.05) is 0 Å². The van der Waals surface area contributed by atoms with Gasteiger partial charge in [0.15, 0.2) is 0 Å². The molecule has 0 aromatic heterocycles. The van der Waals surface area contributed by atoms with Gasteiger partial charge in [0.1, 0.15) is 0 Å². The van der Waals surface area contributed by atoms with Crippen LogP contribution < -0.4 is 0 Å². The standard InChI is InChI=1S/HI.3O.Re/h1H;;;;. The molecule has 0 heterocycles. The van der Waals surface area contributed by atoms with E-state index >= 15 is 0 Å². The Kier molecular flexibility index (Phi) is 8.87. The van der Waals surface area contributed by atoms with Crippen molar-refractivity contribution >= 4 is 24.0 Å². The molecule has 0 N–H and O–H groups in total. The summed E-state index contributed by atoms with van der Waals surface area (Å²) in [6, 6.07) is 0. The molecule has 0 rings (SSSR count). The Morgan fingerprint density at radius 2 is 1.00 bits per heavy atom. The van der Waals surface area contributed by atoms with E-state index in [4.69, 9.17) is 10.4 Å². The summed E-state index contributed by atoms with van der Waals surface area (Å²) in [4.78, 5) is 0. The molecule has 0 amide bonds. The third-order valence-corrected chi connectivity index (χ3v) is 0. The number of hydrogen-bond donors (Lipinski definition) is 0. The molecule has 0 fully saturated rings. The van der Waals surface area contributed by atoms with Gasteiger partial charge >= 0.3 is 27.0 Å². The van der Waals surface area contributed by atoms with E-state index in [2.05, 4.69) is 0 Å². The molecule has 3 nitrogen and oxygen atoms in total. The van der Waals surface area contributed by atoms with Crippen molar-refractivity contribution in [2.45, 2.75) is 0 Å². The van der Waals surface area contributed by atoms with E-state index in [1.165, 1.54) is 0 Å². The van der Waals surface area contributed by atoms with Gasteiger partial charge in [-0.25, -0.2) is 0 Å². The second-order valence-electron chi connectivity index (χ2n) is 0.189. The zero-order valence-corrected chi connectivity index (χ0v) is 7.06. The average Bonchev–Trinajstić information content (AvgIpc) is 0.811. The maximum absolute atomic E-state index is 8.60. The molecule has 0 aliphatic carbocycles. The summed E-state index contributed by atoms with van der Waals surface area (Å²) in [6.07, 6.45) is 0. The molecule has 0 aliphatic rings. The van der Waals surface area contributed by atoms with Gasteiger partial charge in [-0.1, -0.05) is 0 Å². The van der Waals surface area contributed by atoms with E-state index in [-0.39, 0.29) is 24.0 Å². The Morgan fingerprint density at radius 1 is 1.00 bits per heavy atom. The van der Waals surface area contributed by atoms with Gasteiger partial charge in [0, 0.05) is 0 Å². The van der Waals surface area contributed by atoms with Crippen LogP contribution in [0.5, 0.6) is 0 Å². The molecule has 0 saturated carbocycles. The van der Waals surface area contributed by atoms with E-state index in [1.54, 1.807) is 0 Å². The summed E-state index contributed by atoms with van der Waals surface area (Å²) < 4.78 is 25.8. The fourth-order valence-corrected chi connectivity index (χ4v) is 0. The van der Waals surface area contributed by atoms with Crippen molar-refractivity contribution in [3.05, 3.63) is 0 Å². The van der Waals surface area contributed by atoms with Crippen molar-refractivity contribution in [3.8, 4) is 0 Å². The van der Waals surface area contributed by atoms with Crippen molar-refractivity contribution in [3.63, 3.8) is 0 Å². The van der Waals surface area contributed by atoms with Crippen LogP contribution in [0.3, 0.4) is 0 Å². The van der Waals surface area contributed by atoms with E-state index in [0.29, 0.717) is 0 Å². The molecular weight excluding hydrogens is 361 g/mol. The van der Waals surface area contributed by atoms with Crippen molar-refractivity contribution in [2.75, 3.05) is 0 Å². The second-order valence-corrected chi connectivity index (χ2v) is 1.55. The summed E-state index contributed by atoms with van der Waals surface area (Å²) >= 11 is -4.21. The average molecular weight is 362 g/mol. The predicted molar refractivity (Wildman–Crippen MR) is 17.5 cm³/mol. The molecule has 0 saturated heterocycles. The molecule has 0 atom stereocenters. The molecule has 0 aromatic carbocycles. The molecule has 0 aromatic rings. The van der Waals surface area contributed by atoms with E-state index in [0.717, 1.165) is 0 Å². The Labute approximate surface area is 50.9 Å². The molecule has 0 radical (unpaired) electrons. The van der Waals surface area contributed by atoms with Crippen molar-refractivity contribution in [1.82, 2.24) is 0 Å². The predicted octanol–water partition coefficient (Wildman–Crippen LogP) is 0.259. The summed E-state index contributed by atoms with van der Waals surface area (Å²) in [7, 11) is 0. The summed E-state index contributed by atoms with van der Waals surface area (Å²) in [6.45, 7) is 0. The Balaban J connectivity index is 0. The van der Waals surface area contributed by atoms with Gasteiger partial charge in [0.05, 0.1) is 0 Å². The molecule has 5 heavy (non-hydrogen) atoms. The third-order valence-electron chi connectivity index (χ3n) is 0. The first-order valence-electron chi connectivity index (χ1n) is 0.463. The van der Waals surface area contributed by atoms with Gasteiger partial charge in [-0.3, -0.25) is 0 Å². The van der Waals surface area contributed by atoms with Crippen LogP contribution in [0, 0.1) is 0 Å². The minimum absolute atomic E-state index is 0. The van der Waals surface area contributed by atoms with Crippen molar-refractivity contribution in [2.24, 2.45) is 0 Å². The molecular formula is HIO3Re. The van der Waals surface area contributed by atoms with Gasteiger partial charge in [-0.15, -0.1) is 24.0 Å². The van der Waals surface area contributed by atoms with Crippen LogP contribution in [0.1, 0.15) is 0 Å². The van der Waals surface area contributed by atoms with Crippen LogP contribution in [-0.4, -0.2) is 0 Å².